The van der Waals surface area contributed by atoms with Crippen molar-refractivity contribution < 1.29 is 4.74 Å². The van der Waals surface area contributed by atoms with Crippen molar-refractivity contribution in [3.8, 4) is 5.75 Å². The van der Waals surface area contributed by atoms with Gasteiger partial charge in [-0.15, -0.1) is 0 Å². The zero-order chi connectivity index (χ0) is 14.7. The summed E-state index contributed by atoms with van der Waals surface area (Å²) in [5, 5.41) is 3.49. The van der Waals surface area contributed by atoms with E-state index < -0.39 is 0 Å². The molecule has 0 aromatic heterocycles. The van der Waals surface area contributed by atoms with Gasteiger partial charge < -0.3 is 10.1 Å². The van der Waals surface area contributed by atoms with Gasteiger partial charge in [0, 0.05) is 6.54 Å². The smallest absolute Gasteiger partial charge is 0.142 e. The number of likely N-dealkylation sites (tertiary alicyclic amines) is 1. The molecule has 0 bridgehead atoms. The van der Waals surface area contributed by atoms with Crippen LogP contribution in [0.4, 0.5) is 5.69 Å². The Balaban J connectivity index is 1.53. The molecule has 3 rings (SSSR count). The highest BCUT2D eigenvalue weighted by molar-refractivity contribution is 5.57. The van der Waals surface area contributed by atoms with E-state index in [1.165, 1.54) is 32.4 Å². The van der Waals surface area contributed by atoms with E-state index >= 15 is 0 Å². The third-order valence-electron chi connectivity index (χ3n) is 4.97. The molecule has 0 amide bonds. The third-order valence-corrected chi connectivity index (χ3v) is 4.97. The number of ether oxygens (including phenoxy) is 1. The molecule has 1 N–H and O–H groups in total. The zero-order valence-corrected chi connectivity index (χ0v) is 13.3. The molecule has 3 heteroatoms. The van der Waals surface area contributed by atoms with Crippen LogP contribution in [0.5, 0.6) is 5.75 Å². The predicted molar refractivity (Wildman–Crippen MR) is 88.0 cm³/mol. The van der Waals surface area contributed by atoms with Crippen molar-refractivity contribution in [3.63, 3.8) is 0 Å². The van der Waals surface area contributed by atoms with Crippen LogP contribution in [0.25, 0.3) is 0 Å². The molecule has 116 valence electrons. The van der Waals surface area contributed by atoms with Gasteiger partial charge in [0.15, 0.2) is 0 Å². The van der Waals surface area contributed by atoms with E-state index in [1.807, 2.05) is 6.07 Å². The lowest BCUT2D eigenvalue weighted by atomic mass is 9.89. The number of para-hydroxylation sites is 2. The van der Waals surface area contributed by atoms with Gasteiger partial charge in [-0.25, -0.2) is 0 Å². The monoisotopic (exact) mass is 288 g/mol. The second-order valence-corrected chi connectivity index (χ2v) is 6.85. The second-order valence-electron chi connectivity index (χ2n) is 6.85. The molecule has 1 aromatic carbocycles. The summed E-state index contributed by atoms with van der Waals surface area (Å²) in [6.07, 6.45) is 4.34. The minimum Gasteiger partial charge on any atom is -0.485 e. The van der Waals surface area contributed by atoms with Crippen LogP contribution in [-0.2, 0) is 0 Å². The Bertz CT molecular complexity index is 460. The molecule has 2 atom stereocenters. The Hall–Kier alpha value is -1.22. The molecule has 1 aromatic rings. The Morgan fingerprint density at radius 1 is 1.24 bits per heavy atom. The fraction of sp³-hybridized carbons (Fsp3) is 0.667. The summed E-state index contributed by atoms with van der Waals surface area (Å²) in [6, 6.07) is 8.24. The van der Waals surface area contributed by atoms with E-state index in [2.05, 4.69) is 42.3 Å². The van der Waals surface area contributed by atoms with Gasteiger partial charge >= 0.3 is 0 Å². The van der Waals surface area contributed by atoms with Crippen molar-refractivity contribution in [1.29, 1.82) is 0 Å². The molecular formula is C18H28N2O. The highest BCUT2D eigenvalue weighted by atomic mass is 16.5. The van der Waals surface area contributed by atoms with E-state index in [9.17, 15) is 0 Å². The predicted octanol–water partition coefficient (Wildman–Crippen LogP) is 3.62. The summed E-state index contributed by atoms with van der Waals surface area (Å²) in [5.74, 6) is 2.73. The maximum Gasteiger partial charge on any atom is 0.142 e. The Labute approximate surface area is 128 Å². The molecular weight excluding hydrogens is 260 g/mol. The van der Waals surface area contributed by atoms with E-state index in [1.54, 1.807) is 0 Å². The molecule has 2 aliphatic heterocycles. The third kappa shape index (κ3) is 3.70. The zero-order valence-electron chi connectivity index (χ0n) is 13.3. The fourth-order valence-electron chi connectivity index (χ4n) is 3.58. The number of hydrogen-bond acceptors (Lipinski definition) is 3. The normalized spacial score (nSPS) is 26.6. The Morgan fingerprint density at radius 3 is 2.95 bits per heavy atom. The van der Waals surface area contributed by atoms with Crippen LogP contribution in [0, 0.1) is 11.8 Å². The van der Waals surface area contributed by atoms with Crippen molar-refractivity contribution in [2.75, 3.05) is 31.5 Å². The van der Waals surface area contributed by atoms with Crippen LogP contribution >= 0.6 is 0 Å². The second kappa shape index (κ2) is 6.69. The van der Waals surface area contributed by atoms with Gasteiger partial charge in [0.1, 0.15) is 11.9 Å². The van der Waals surface area contributed by atoms with Gasteiger partial charge in [-0.2, -0.15) is 0 Å². The summed E-state index contributed by atoms with van der Waals surface area (Å²) < 4.78 is 6.15. The van der Waals surface area contributed by atoms with Crippen LogP contribution in [0.15, 0.2) is 24.3 Å². The molecule has 21 heavy (non-hydrogen) atoms. The first-order chi connectivity index (χ1) is 10.2. The summed E-state index contributed by atoms with van der Waals surface area (Å²) in [4.78, 5) is 2.60. The summed E-state index contributed by atoms with van der Waals surface area (Å²) in [6.45, 7) is 9.15. The molecule has 2 aliphatic rings. The average Bonchev–Trinajstić information content (AvgIpc) is 2.73. The van der Waals surface area contributed by atoms with Gasteiger partial charge in [0.2, 0.25) is 0 Å². The van der Waals surface area contributed by atoms with Gasteiger partial charge in [-0.05, 0) is 56.3 Å². The Morgan fingerprint density at radius 2 is 2.10 bits per heavy atom. The highest BCUT2D eigenvalue weighted by Crippen LogP contribution is 2.29. The van der Waals surface area contributed by atoms with Crippen molar-refractivity contribution in [3.05, 3.63) is 24.3 Å². The number of hydrogen-bond donors (Lipinski definition) is 1. The largest absolute Gasteiger partial charge is 0.485 e. The van der Waals surface area contributed by atoms with Gasteiger partial charge in [-0.3, -0.25) is 4.90 Å². The number of nitrogens with one attached hydrogen (secondary N) is 1. The average molecular weight is 288 g/mol. The first-order valence-electron chi connectivity index (χ1n) is 8.44. The first kappa shape index (κ1) is 14.7. The lowest BCUT2D eigenvalue weighted by molar-refractivity contribution is 0.136. The maximum atomic E-state index is 6.15. The molecule has 2 heterocycles. The topological polar surface area (TPSA) is 24.5 Å². The molecule has 0 spiro atoms. The summed E-state index contributed by atoms with van der Waals surface area (Å²) in [5.41, 5.74) is 1.13. The summed E-state index contributed by atoms with van der Waals surface area (Å²) in [7, 11) is 0. The maximum absolute atomic E-state index is 6.15. The molecule has 0 radical (unpaired) electrons. The van der Waals surface area contributed by atoms with Crippen LogP contribution < -0.4 is 10.1 Å². The minimum absolute atomic E-state index is 0.274. The van der Waals surface area contributed by atoms with E-state index in [-0.39, 0.29) is 6.10 Å². The number of benzene rings is 1. The standard InChI is InChI=1S/C18H28N2O/c1-14(2)15-6-5-10-20(11-9-15)13-16-12-19-17-7-3-4-8-18(17)21-16/h3-4,7-8,14-16,19H,5-6,9-13H2,1-2H3. The SMILES string of the molecule is CC(C)C1CCCN(CC2CNc3ccccc3O2)CC1. The van der Waals surface area contributed by atoms with Crippen LogP contribution in [-0.4, -0.2) is 37.2 Å². The summed E-state index contributed by atoms with van der Waals surface area (Å²) >= 11 is 0. The van der Waals surface area contributed by atoms with Crippen LogP contribution in [0.2, 0.25) is 0 Å². The van der Waals surface area contributed by atoms with E-state index in [0.717, 1.165) is 36.4 Å². The van der Waals surface area contributed by atoms with Crippen molar-refractivity contribution in [1.82, 2.24) is 4.90 Å². The number of fused-ring (bicyclic) bond motifs is 1. The molecule has 3 nitrogen and oxygen atoms in total. The minimum atomic E-state index is 0.274. The quantitative estimate of drug-likeness (QED) is 0.919. The number of anilines is 1. The number of nitrogens with zero attached hydrogens (tertiary/aromatic N) is 1. The van der Waals surface area contributed by atoms with Crippen molar-refractivity contribution in [2.24, 2.45) is 11.8 Å². The van der Waals surface area contributed by atoms with Gasteiger partial charge in [0.25, 0.3) is 0 Å². The van der Waals surface area contributed by atoms with Crippen LogP contribution in [0.1, 0.15) is 33.1 Å². The molecule has 0 aliphatic carbocycles. The fourth-order valence-corrected chi connectivity index (χ4v) is 3.58. The first-order valence-corrected chi connectivity index (χ1v) is 8.44. The lowest BCUT2D eigenvalue weighted by Gasteiger charge is -2.31. The molecule has 2 unspecified atom stereocenters. The van der Waals surface area contributed by atoms with E-state index in [0.29, 0.717) is 0 Å². The van der Waals surface area contributed by atoms with Gasteiger partial charge in [0.05, 0.1) is 12.2 Å². The Kier molecular flexibility index (Phi) is 4.69. The highest BCUT2D eigenvalue weighted by Gasteiger charge is 2.24. The van der Waals surface area contributed by atoms with Crippen molar-refractivity contribution in [2.45, 2.75) is 39.2 Å². The van der Waals surface area contributed by atoms with Crippen molar-refractivity contribution >= 4 is 5.69 Å². The molecule has 1 saturated heterocycles. The molecule has 0 saturated carbocycles. The van der Waals surface area contributed by atoms with E-state index in [4.69, 9.17) is 4.74 Å². The molecule has 1 fully saturated rings. The van der Waals surface area contributed by atoms with Crippen LogP contribution in [0.3, 0.4) is 0 Å². The lowest BCUT2D eigenvalue weighted by Crippen LogP contribution is -2.42. The number of rotatable bonds is 3. The van der Waals surface area contributed by atoms with Gasteiger partial charge in [-0.1, -0.05) is 26.0 Å².